The molecule has 10 nitrogen and oxygen atoms in total. The van der Waals surface area contributed by atoms with Crippen LogP contribution in [0.2, 0.25) is 0 Å². The van der Waals surface area contributed by atoms with Crippen molar-refractivity contribution in [2.45, 2.75) is 52.1 Å². The molecule has 1 aliphatic heterocycles. The maximum atomic E-state index is 13.3. The van der Waals surface area contributed by atoms with Gasteiger partial charge in [-0.3, -0.25) is 24.2 Å². The number of benzene rings is 1. The quantitative estimate of drug-likeness (QED) is 0.484. The van der Waals surface area contributed by atoms with Crippen LogP contribution < -0.4 is 9.64 Å². The van der Waals surface area contributed by atoms with Gasteiger partial charge in [-0.2, -0.15) is 0 Å². The summed E-state index contributed by atoms with van der Waals surface area (Å²) in [5, 5.41) is 8.73. The number of urea groups is 1. The summed E-state index contributed by atoms with van der Waals surface area (Å²) >= 11 is 0. The van der Waals surface area contributed by atoms with E-state index in [0.717, 1.165) is 16.9 Å². The lowest BCUT2D eigenvalue weighted by atomic mass is 10.1. The van der Waals surface area contributed by atoms with Gasteiger partial charge in [-0.25, -0.2) is 4.79 Å². The molecule has 0 bridgehead atoms. The predicted octanol–water partition coefficient (Wildman–Crippen LogP) is 3.51. The van der Waals surface area contributed by atoms with Crippen LogP contribution in [0.1, 0.15) is 45.1 Å². The van der Waals surface area contributed by atoms with Gasteiger partial charge in [0.05, 0.1) is 19.4 Å². The molecule has 0 atom stereocenters. The molecule has 2 heterocycles. The Hall–Kier alpha value is -3.82. The van der Waals surface area contributed by atoms with E-state index in [1.807, 2.05) is 38.1 Å². The first-order chi connectivity index (χ1) is 16.8. The summed E-state index contributed by atoms with van der Waals surface area (Å²) in [6, 6.07) is 9.78. The molecule has 1 aromatic carbocycles. The van der Waals surface area contributed by atoms with Gasteiger partial charge in [-0.05, 0) is 45.2 Å². The molecule has 1 aliphatic rings. The number of rotatable bonds is 11. The summed E-state index contributed by atoms with van der Waals surface area (Å²) in [5.41, 5.74) is 0.771. The molecule has 1 aromatic heterocycles. The highest BCUT2D eigenvalue weighted by Crippen LogP contribution is 2.24. The van der Waals surface area contributed by atoms with Crippen molar-refractivity contribution in [1.29, 1.82) is 0 Å². The Bertz CT molecular complexity index is 1040. The number of para-hydroxylation sites is 1. The summed E-state index contributed by atoms with van der Waals surface area (Å²) in [4.78, 5) is 53.1. The Morgan fingerprint density at radius 1 is 1.06 bits per heavy atom. The smallest absolute Gasteiger partial charge is 0.327 e. The third kappa shape index (κ3) is 6.84. The molecule has 3 rings (SSSR count). The van der Waals surface area contributed by atoms with Crippen LogP contribution in [0.5, 0.6) is 5.75 Å². The Morgan fingerprint density at radius 2 is 1.83 bits per heavy atom. The topological polar surface area (TPSA) is 121 Å². The number of carboxylic acid groups (broad SMARTS) is 1. The monoisotopic (exact) mass is 485 g/mol. The molecule has 0 radical (unpaired) electrons. The van der Waals surface area contributed by atoms with E-state index in [1.165, 1.54) is 16.1 Å². The maximum absolute atomic E-state index is 13.3. The number of ether oxygens (including phenoxy) is 1. The Labute approximate surface area is 204 Å². The standard InChI is InChI=1S/C25H31N3O7/c1-18(2)26(15-19-9-5-6-10-20(19)34-13-7-3-4-12-24(31)32)25(33)28-17-21(29)27(16-22(28)30)23-11-8-14-35-23/h5-6,8-11,14,18H,3-4,7,12-13,15-17H2,1-2H3,(H,31,32). The average Bonchev–Trinajstić information content (AvgIpc) is 3.35. The number of unbranched alkanes of at least 4 members (excludes halogenated alkanes) is 2. The predicted molar refractivity (Wildman–Crippen MR) is 127 cm³/mol. The molecule has 1 fully saturated rings. The highest BCUT2D eigenvalue weighted by molar-refractivity contribution is 6.09. The van der Waals surface area contributed by atoms with E-state index in [1.54, 1.807) is 12.1 Å². The minimum absolute atomic E-state index is 0.138. The van der Waals surface area contributed by atoms with Crippen LogP contribution in [0, 0.1) is 0 Å². The summed E-state index contributed by atoms with van der Waals surface area (Å²) < 4.78 is 11.1. The van der Waals surface area contributed by atoms with Crippen molar-refractivity contribution in [1.82, 2.24) is 9.80 Å². The summed E-state index contributed by atoms with van der Waals surface area (Å²) in [6.07, 6.45) is 3.60. The fourth-order valence-electron chi connectivity index (χ4n) is 3.74. The van der Waals surface area contributed by atoms with Gasteiger partial charge in [0.15, 0.2) is 0 Å². The van der Waals surface area contributed by atoms with E-state index in [-0.39, 0.29) is 38.0 Å². The first-order valence-electron chi connectivity index (χ1n) is 11.6. The van der Waals surface area contributed by atoms with Crippen molar-refractivity contribution in [3.05, 3.63) is 48.2 Å². The minimum Gasteiger partial charge on any atom is -0.493 e. The second-order valence-corrected chi connectivity index (χ2v) is 8.58. The van der Waals surface area contributed by atoms with Crippen LogP contribution in [0.25, 0.3) is 0 Å². The molecule has 10 heteroatoms. The molecule has 1 N–H and O–H groups in total. The van der Waals surface area contributed by atoms with Crippen molar-refractivity contribution in [3.63, 3.8) is 0 Å². The average molecular weight is 486 g/mol. The normalized spacial score (nSPS) is 13.9. The van der Waals surface area contributed by atoms with Crippen LogP contribution in [-0.2, 0) is 20.9 Å². The van der Waals surface area contributed by atoms with E-state index >= 15 is 0 Å². The van der Waals surface area contributed by atoms with Gasteiger partial charge in [0.2, 0.25) is 11.8 Å². The number of imide groups is 1. The van der Waals surface area contributed by atoms with Gasteiger partial charge in [0.1, 0.15) is 18.8 Å². The van der Waals surface area contributed by atoms with Crippen molar-refractivity contribution >= 4 is 29.7 Å². The fraction of sp³-hybridized carbons (Fsp3) is 0.440. The van der Waals surface area contributed by atoms with Gasteiger partial charge in [-0.1, -0.05) is 18.2 Å². The fourth-order valence-corrected chi connectivity index (χ4v) is 3.74. The second-order valence-electron chi connectivity index (χ2n) is 8.58. The van der Waals surface area contributed by atoms with Crippen LogP contribution >= 0.6 is 0 Å². The molecule has 0 aliphatic carbocycles. The van der Waals surface area contributed by atoms with E-state index in [0.29, 0.717) is 25.2 Å². The van der Waals surface area contributed by atoms with Crippen LogP contribution in [0.4, 0.5) is 10.7 Å². The number of hydrogen-bond donors (Lipinski definition) is 1. The largest absolute Gasteiger partial charge is 0.493 e. The minimum atomic E-state index is -0.808. The number of piperazine rings is 1. The van der Waals surface area contributed by atoms with Crippen molar-refractivity contribution in [3.8, 4) is 5.75 Å². The number of carbonyl (C=O) groups is 4. The van der Waals surface area contributed by atoms with Gasteiger partial charge < -0.3 is 19.2 Å². The van der Waals surface area contributed by atoms with Crippen molar-refractivity contribution in [2.24, 2.45) is 0 Å². The Kier molecular flexibility index (Phi) is 8.88. The first kappa shape index (κ1) is 25.8. The van der Waals surface area contributed by atoms with Gasteiger partial charge in [-0.15, -0.1) is 0 Å². The zero-order chi connectivity index (χ0) is 25.4. The third-order valence-electron chi connectivity index (χ3n) is 5.67. The van der Waals surface area contributed by atoms with Crippen LogP contribution in [0.3, 0.4) is 0 Å². The van der Waals surface area contributed by atoms with E-state index in [9.17, 15) is 19.2 Å². The zero-order valence-electron chi connectivity index (χ0n) is 20.0. The van der Waals surface area contributed by atoms with Gasteiger partial charge in [0, 0.05) is 24.1 Å². The van der Waals surface area contributed by atoms with Crippen LogP contribution in [-0.4, -0.2) is 64.5 Å². The molecule has 4 amide bonds. The Morgan fingerprint density at radius 3 is 2.51 bits per heavy atom. The summed E-state index contributed by atoms with van der Waals surface area (Å²) in [6.45, 7) is 3.67. The van der Waals surface area contributed by atoms with E-state index in [4.69, 9.17) is 14.3 Å². The van der Waals surface area contributed by atoms with Gasteiger partial charge in [0.25, 0.3) is 5.91 Å². The molecule has 0 spiro atoms. The van der Waals surface area contributed by atoms with Gasteiger partial charge >= 0.3 is 12.0 Å². The van der Waals surface area contributed by atoms with E-state index < -0.39 is 23.8 Å². The van der Waals surface area contributed by atoms with Crippen molar-refractivity contribution in [2.75, 3.05) is 24.6 Å². The third-order valence-corrected chi connectivity index (χ3v) is 5.67. The highest BCUT2D eigenvalue weighted by Gasteiger charge is 2.38. The summed E-state index contributed by atoms with van der Waals surface area (Å²) in [5.74, 6) is -0.803. The zero-order valence-corrected chi connectivity index (χ0v) is 20.0. The maximum Gasteiger partial charge on any atom is 0.327 e. The van der Waals surface area contributed by atoms with Crippen molar-refractivity contribution < 1.29 is 33.4 Å². The SMILES string of the molecule is CC(C)N(Cc1ccccc1OCCCCCC(=O)O)C(=O)N1CC(=O)N(c2ccco2)CC1=O. The van der Waals surface area contributed by atoms with Crippen LogP contribution in [0.15, 0.2) is 47.1 Å². The number of furan rings is 1. The number of aliphatic carboxylic acids is 1. The Balaban J connectivity index is 1.64. The molecule has 35 heavy (non-hydrogen) atoms. The molecule has 0 saturated carbocycles. The lowest BCUT2D eigenvalue weighted by Crippen LogP contribution is -2.59. The molecule has 188 valence electrons. The first-order valence-corrected chi connectivity index (χ1v) is 11.6. The lowest BCUT2D eigenvalue weighted by molar-refractivity contribution is -0.137. The van der Waals surface area contributed by atoms with E-state index in [2.05, 4.69) is 0 Å². The number of nitrogens with zero attached hydrogens (tertiary/aromatic N) is 3. The molecule has 0 unspecified atom stereocenters. The number of anilines is 1. The summed E-state index contributed by atoms with van der Waals surface area (Å²) in [7, 11) is 0. The number of hydrogen-bond acceptors (Lipinski definition) is 6. The lowest BCUT2D eigenvalue weighted by Gasteiger charge is -2.36. The molecule has 2 aromatic rings. The molecular formula is C25H31N3O7. The molecule has 1 saturated heterocycles. The number of amides is 4. The number of carbonyl (C=O) groups excluding carboxylic acids is 3. The number of carboxylic acids is 1. The second kappa shape index (κ2) is 12.0. The highest BCUT2D eigenvalue weighted by atomic mass is 16.5. The molecular weight excluding hydrogens is 454 g/mol.